The van der Waals surface area contributed by atoms with E-state index in [9.17, 15) is 22.8 Å². The van der Waals surface area contributed by atoms with E-state index in [2.05, 4.69) is 5.32 Å². The van der Waals surface area contributed by atoms with Gasteiger partial charge >= 0.3 is 0 Å². The molecule has 0 unspecified atom stereocenters. The van der Waals surface area contributed by atoms with E-state index in [4.69, 9.17) is 4.74 Å². The molecule has 0 bridgehead atoms. The van der Waals surface area contributed by atoms with Crippen LogP contribution in [0.1, 0.15) is 28.8 Å². The largest absolute Gasteiger partial charge is 0.380 e. The number of fused-ring (bicyclic) bond motifs is 1. The Hall–Kier alpha value is -2.09. The van der Waals surface area contributed by atoms with Gasteiger partial charge in [-0.25, -0.2) is 13.2 Å². The number of benzene rings is 1. The summed E-state index contributed by atoms with van der Waals surface area (Å²) < 4.78 is 45.7. The van der Waals surface area contributed by atoms with Crippen LogP contribution in [0.2, 0.25) is 0 Å². The third kappa shape index (κ3) is 2.99. The molecule has 146 valence electrons. The molecule has 27 heavy (non-hydrogen) atoms. The molecule has 2 atom stereocenters. The predicted octanol–water partition coefficient (Wildman–Crippen LogP) is 2.14. The zero-order chi connectivity index (χ0) is 19.4. The maximum atomic E-state index is 14.2. The molecule has 1 N–H and O–H groups in total. The van der Waals surface area contributed by atoms with Crippen molar-refractivity contribution in [1.29, 1.82) is 0 Å². The Morgan fingerprint density at radius 3 is 2.70 bits per heavy atom. The number of amides is 2. The van der Waals surface area contributed by atoms with Crippen LogP contribution in [0.3, 0.4) is 0 Å². The van der Waals surface area contributed by atoms with E-state index >= 15 is 0 Å². The summed E-state index contributed by atoms with van der Waals surface area (Å²) in [6.45, 7) is 2.48. The van der Waals surface area contributed by atoms with Gasteiger partial charge < -0.3 is 15.0 Å². The lowest BCUT2D eigenvalue weighted by molar-refractivity contribution is -0.138. The second-order valence-electron chi connectivity index (χ2n) is 7.92. The summed E-state index contributed by atoms with van der Waals surface area (Å²) in [5.74, 6) is -4.35. The molecule has 8 heteroatoms. The van der Waals surface area contributed by atoms with Crippen molar-refractivity contribution in [3.63, 3.8) is 0 Å². The molecule has 1 aliphatic carbocycles. The van der Waals surface area contributed by atoms with Gasteiger partial charge in [0.1, 0.15) is 5.82 Å². The smallest absolute Gasteiger partial charge is 0.257 e. The third-order valence-corrected chi connectivity index (χ3v) is 5.97. The minimum Gasteiger partial charge on any atom is -0.380 e. The van der Waals surface area contributed by atoms with Crippen LogP contribution in [0.4, 0.5) is 13.2 Å². The predicted molar refractivity (Wildman–Crippen MR) is 89.9 cm³/mol. The number of rotatable bonds is 3. The molecule has 1 aromatic carbocycles. The molecule has 1 aromatic rings. The molecule has 2 saturated heterocycles. The van der Waals surface area contributed by atoms with Crippen LogP contribution < -0.4 is 5.32 Å². The highest BCUT2D eigenvalue weighted by Crippen LogP contribution is 2.44. The number of carbonyl (C=O) groups excluding carboxylic acids is 2. The van der Waals surface area contributed by atoms with Gasteiger partial charge in [0.2, 0.25) is 5.91 Å². The first kappa shape index (κ1) is 18.3. The highest BCUT2D eigenvalue weighted by molar-refractivity contribution is 5.97. The molecule has 0 radical (unpaired) electrons. The molecule has 3 aliphatic rings. The number of nitrogens with zero attached hydrogens (tertiary/aromatic N) is 1. The van der Waals surface area contributed by atoms with Crippen LogP contribution in [-0.4, -0.2) is 55.0 Å². The van der Waals surface area contributed by atoms with E-state index in [1.165, 1.54) is 17.0 Å². The zero-order valence-electron chi connectivity index (χ0n) is 14.9. The molecular formula is C19H21F3N2O3. The number of halogens is 3. The van der Waals surface area contributed by atoms with Gasteiger partial charge in [-0.15, -0.1) is 0 Å². The monoisotopic (exact) mass is 382 g/mol. The van der Waals surface area contributed by atoms with Gasteiger partial charge in [-0.2, -0.15) is 0 Å². The van der Waals surface area contributed by atoms with Gasteiger partial charge in [0.05, 0.1) is 24.2 Å². The summed E-state index contributed by atoms with van der Waals surface area (Å²) in [5.41, 5.74) is -0.421. The maximum absolute atomic E-state index is 14.2. The minimum absolute atomic E-state index is 0.00702. The van der Waals surface area contributed by atoms with E-state index in [-0.39, 0.29) is 49.9 Å². The minimum atomic E-state index is -2.72. The van der Waals surface area contributed by atoms with Crippen molar-refractivity contribution in [2.24, 2.45) is 11.3 Å². The van der Waals surface area contributed by atoms with Crippen molar-refractivity contribution >= 4 is 11.8 Å². The molecule has 2 heterocycles. The van der Waals surface area contributed by atoms with Crippen molar-refractivity contribution in [3.05, 3.63) is 35.1 Å². The lowest BCUT2D eigenvalue weighted by Crippen LogP contribution is -2.56. The number of carbonyl (C=O) groups is 2. The summed E-state index contributed by atoms with van der Waals surface area (Å²) in [6, 6.07) is 3.88. The second-order valence-corrected chi connectivity index (χ2v) is 7.92. The standard InChI is InChI=1S/C19H21F3N2O3/c1-11-3-2-4-14(20)15(11)16(25)24-7-12-8-27-10-18(12,9-24)17(26)23-13-5-19(21,22)6-13/h2-4,12-13H,5-10H2,1H3,(H,23,26)/t12-,18-/m1/s1. The lowest BCUT2D eigenvalue weighted by Gasteiger charge is -2.37. The summed E-state index contributed by atoms with van der Waals surface area (Å²) in [4.78, 5) is 27.2. The first-order chi connectivity index (χ1) is 12.7. The summed E-state index contributed by atoms with van der Waals surface area (Å²) in [5, 5.41) is 2.69. The van der Waals surface area contributed by atoms with E-state index in [1.54, 1.807) is 13.0 Å². The molecule has 5 nitrogen and oxygen atoms in total. The number of nitrogens with one attached hydrogen (secondary N) is 1. The number of aryl methyl sites for hydroxylation is 1. The molecule has 0 aromatic heterocycles. The average molecular weight is 382 g/mol. The van der Waals surface area contributed by atoms with Crippen molar-refractivity contribution < 1.29 is 27.5 Å². The quantitative estimate of drug-likeness (QED) is 0.872. The van der Waals surface area contributed by atoms with Gasteiger partial charge in [-0.1, -0.05) is 12.1 Å². The second kappa shape index (κ2) is 6.22. The Labute approximate surface area is 154 Å². The normalized spacial score (nSPS) is 29.3. The highest BCUT2D eigenvalue weighted by atomic mass is 19.3. The summed E-state index contributed by atoms with van der Waals surface area (Å²) >= 11 is 0. The Morgan fingerprint density at radius 1 is 1.30 bits per heavy atom. The molecule has 0 spiro atoms. The van der Waals surface area contributed by atoms with E-state index in [1.807, 2.05) is 0 Å². The topological polar surface area (TPSA) is 58.6 Å². The van der Waals surface area contributed by atoms with Gasteiger partial charge in [0.25, 0.3) is 11.8 Å². The Morgan fingerprint density at radius 2 is 2.04 bits per heavy atom. The molecule has 2 amide bonds. The number of ether oxygens (including phenoxy) is 1. The molecule has 1 saturated carbocycles. The maximum Gasteiger partial charge on any atom is 0.257 e. The van der Waals surface area contributed by atoms with Crippen LogP contribution in [0, 0.1) is 24.1 Å². The fourth-order valence-electron chi connectivity index (χ4n) is 4.36. The van der Waals surface area contributed by atoms with Crippen LogP contribution in [0.15, 0.2) is 18.2 Å². The van der Waals surface area contributed by atoms with Crippen molar-refractivity contribution in [2.75, 3.05) is 26.3 Å². The first-order valence-electron chi connectivity index (χ1n) is 9.03. The van der Waals surface area contributed by atoms with E-state index in [0.29, 0.717) is 12.2 Å². The average Bonchev–Trinajstić information content (AvgIpc) is 3.10. The first-order valence-corrected chi connectivity index (χ1v) is 9.03. The van der Waals surface area contributed by atoms with Crippen LogP contribution in [-0.2, 0) is 9.53 Å². The van der Waals surface area contributed by atoms with Gasteiger partial charge in [0.15, 0.2) is 0 Å². The number of likely N-dealkylation sites (tertiary alicyclic amines) is 1. The summed E-state index contributed by atoms with van der Waals surface area (Å²) in [7, 11) is 0. The Kier molecular flexibility index (Phi) is 4.21. The van der Waals surface area contributed by atoms with Gasteiger partial charge in [-0.05, 0) is 18.6 Å². The molecule has 3 fully saturated rings. The number of hydrogen-bond acceptors (Lipinski definition) is 3. The van der Waals surface area contributed by atoms with Gasteiger partial charge in [-0.3, -0.25) is 9.59 Å². The molecular weight excluding hydrogens is 361 g/mol. The molecule has 4 rings (SSSR count). The van der Waals surface area contributed by atoms with Crippen molar-refractivity contribution in [3.8, 4) is 0 Å². The van der Waals surface area contributed by atoms with E-state index in [0.717, 1.165) is 0 Å². The fraction of sp³-hybridized carbons (Fsp3) is 0.579. The van der Waals surface area contributed by atoms with E-state index < -0.39 is 29.1 Å². The van der Waals surface area contributed by atoms with Crippen LogP contribution >= 0.6 is 0 Å². The highest BCUT2D eigenvalue weighted by Gasteiger charge is 2.58. The SMILES string of the molecule is Cc1cccc(F)c1C(=O)N1C[C@@H]2COC[C@]2(C(=O)NC2CC(F)(F)C2)C1. The third-order valence-electron chi connectivity index (χ3n) is 5.97. The van der Waals surface area contributed by atoms with Crippen LogP contribution in [0.25, 0.3) is 0 Å². The van der Waals surface area contributed by atoms with Crippen LogP contribution in [0.5, 0.6) is 0 Å². The van der Waals surface area contributed by atoms with Gasteiger partial charge in [0, 0.05) is 37.9 Å². The number of alkyl halides is 2. The van der Waals surface area contributed by atoms with Crippen molar-refractivity contribution in [1.82, 2.24) is 10.2 Å². The Balaban J connectivity index is 1.51. The summed E-state index contributed by atoms with van der Waals surface area (Å²) in [6.07, 6.45) is -0.727. The fourth-order valence-corrected chi connectivity index (χ4v) is 4.36. The lowest BCUT2D eigenvalue weighted by atomic mass is 9.79. The molecule has 2 aliphatic heterocycles. The van der Waals surface area contributed by atoms with Crippen molar-refractivity contribution in [2.45, 2.75) is 31.7 Å². The Bertz CT molecular complexity index is 772. The zero-order valence-corrected chi connectivity index (χ0v) is 14.9. The number of hydrogen-bond donors (Lipinski definition) is 1.